The van der Waals surface area contributed by atoms with Gasteiger partial charge in [0.05, 0.1) is 12.5 Å². The van der Waals surface area contributed by atoms with Crippen molar-refractivity contribution in [3.05, 3.63) is 54.1 Å². The van der Waals surface area contributed by atoms with Gasteiger partial charge in [0.25, 0.3) is 5.91 Å². The number of primary amides is 1. The number of likely N-dealkylation sites (tertiary alicyclic amines) is 2. The molecule has 0 unspecified atom stereocenters. The number of carbonyl (C=O) groups is 2. The third-order valence-corrected chi connectivity index (χ3v) is 7.23. The van der Waals surface area contributed by atoms with Crippen molar-refractivity contribution >= 4 is 11.8 Å². The van der Waals surface area contributed by atoms with Crippen LogP contribution in [0.5, 0.6) is 5.75 Å². The molecule has 0 radical (unpaired) electrons. The van der Waals surface area contributed by atoms with E-state index in [9.17, 15) is 14.0 Å². The van der Waals surface area contributed by atoms with Gasteiger partial charge in [-0.2, -0.15) is 0 Å². The van der Waals surface area contributed by atoms with Gasteiger partial charge in [-0.25, -0.2) is 4.39 Å². The second-order valence-corrected chi connectivity index (χ2v) is 10.8. The van der Waals surface area contributed by atoms with Crippen LogP contribution in [0.1, 0.15) is 49.9 Å². The maximum absolute atomic E-state index is 13.9. The molecule has 2 saturated heterocycles. The number of hydrogen-bond donors (Lipinski definition) is 1. The molecule has 2 amide bonds. The van der Waals surface area contributed by atoms with Crippen molar-refractivity contribution in [1.82, 2.24) is 9.80 Å². The zero-order chi connectivity index (χ0) is 25.7. The molecule has 2 aliphatic heterocycles. The van der Waals surface area contributed by atoms with Crippen molar-refractivity contribution < 1.29 is 18.7 Å². The Morgan fingerprint density at radius 1 is 1.03 bits per heavy atom. The Balaban J connectivity index is 1.35. The van der Waals surface area contributed by atoms with Crippen LogP contribution in [0.15, 0.2) is 48.5 Å². The maximum Gasteiger partial charge on any atom is 0.254 e. The van der Waals surface area contributed by atoms with Crippen molar-refractivity contribution in [3.8, 4) is 16.9 Å². The number of nitrogens with zero attached hydrogens (tertiary/aromatic N) is 2. The molecule has 6 nitrogen and oxygen atoms in total. The lowest BCUT2D eigenvalue weighted by Crippen LogP contribution is -2.44. The first kappa shape index (κ1) is 26.1. The lowest BCUT2D eigenvalue weighted by molar-refractivity contribution is -0.123. The molecule has 0 spiro atoms. The Labute approximate surface area is 213 Å². The average Bonchev–Trinajstić information content (AvgIpc) is 2.87. The number of benzene rings is 2. The highest BCUT2D eigenvalue weighted by Crippen LogP contribution is 2.29. The molecule has 0 aliphatic carbocycles. The lowest BCUT2D eigenvalue weighted by Gasteiger charge is -2.34. The molecule has 4 rings (SSSR count). The van der Waals surface area contributed by atoms with Crippen LogP contribution in [0.25, 0.3) is 11.1 Å². The van der Waals surface area contributed by atoms with Crippen LogP contribution in [-0.2, 0) is 4.79 Å². The van der Waals surface area contributed by atoms with E-state index in [4.69, 9.17) is 10.5 Å². The SMILES string of the molecule is CC(C)(F)CN1CCC(COc2ccc(-c3ccccc3C(=O)N3CCC[C@@H](C(N)=O)C3)cc2)CC1. The lowest BCUT2D eigenvalue weighted by atomic mass is 9.94. The Hall–Kier alpha value is -2.93. The molecule has 0 bridgehead atoms. The minimum atomic E-state index is -1.16. The van der Waals surface area contributed by atoms with Crippen molar-refractivity contribution in [2.45, 2.75) is 45.2 Å². The predicted octanol–water partition coefficient (Wildman–Crippen LogP) is 4.53. The Bertz CT molecular complexity index is 1040. The van der Waals surface area contributed by atoms with E-state index in [1.165, 1.54) is 0 Å². The van der Waals surface area contributed by atoms with Gasteiger partial charge in [-0.05, 0) is 87.9 Å². The molecule has 2 fully saturated rings. The highest BCUT2D eigenvalue weighted by atomic mass is 19.1. The molecule has 194 valence electrons. The Morgan fingerprint density at radius 2 is 1.72 bits per heavy atom. The van der Waals surface area contributed by atoms with Crippen molar-refractivity contribution in [1.29, 1.82) is 0 Å². The summed E-state index contributed by atoms with van der Waals surface area (Å²) in [6.07, 6.45) is 3.53. The number of nitrogens with two attached hydrogens (primary N) is 1. The van der Waals surface area contributed by atoms with E-state index in [1.54, 1.807) is 18.7 Å². The molecular formula is C29H38FN3O3. The van der Waals surface area contributed by atoms with E-state index in [2.05, 4.69) is 4.90 Å². The second kappa shape index (κ2) is 11.4. The maximum atomic E-state index is 13.9. The summed E-state index contributed by atoms with van der Waals surface area (Å²) in [7, 11) is 0. The highest BCUT2D eigenvalue weighted by Gasteiger charge is 2.29. The molecule has 2 N–H and O–H groups in total. The van der Waals surface area contributed by atoms with Gasteiger partial charge < -0.3 is 20.3 Å². The first-order valence-corrected chi connectivity index (χ1v) is 13.0. The topological polar surface area (TPSA) is 75.9 Å². The summed E-state index contributed by atoms with van der Waals surface area (Å²) >= 11 is 0. The molecule has 2 aromatic carbocycles. The van der Waals surface area contributed by atoms with Crippen LogP contribution in [-0.4, -0.2) is 66.6 Å². The smallest absolute Gasteiger partial charge is 0.254 e. The summed E-state index contributed by atoms with van der Waals surface area (Å²) in [6.45, 7) is 7.21. The van der Waals surface area contributed by atoms with Gasteiger partial charge in [-0.3, -0.25) is 9.59 Å². The van der Waals surface area contributed by atoms with Gasteiger partial charge in [0.15, 0.2) is 0 Å². The first-order chi connectivity index (χ1) is 17.2. The van der Waals surface area contributed by atoms with E-state index in [0.29, 0.717) is 37.7 Å². The number of piperidine rings is 2. The van der Waals surface area contributed by atoms with Gasteiger partial charge >= 0.3 is 0 Å². The second-order valence-electron chi connectivity index (χ2n) is 10.8. The first-order valence-electron chi connectivity index (χ1n) is 13.0. The predicted molar refractivity (Wildman–Crippen MR) is 140 cm³/mol. The average molecular weight is 496 g/mol. The number of halogens is 1. The summed E-state index contributed by atoms with van der Waals surface area (Å²) < 4.78 is 20.0. The fourth-order valence-electron chi connectivity index (χ4n) is 5.27. The molecule has 2 heterocycles. The molecule has 0 aromatic heterocycles. The zero-order valence-corrected chi connectivity index (χ0v) is 21.4. The Morgan fingerprint density at radius 3 is 2.39 bits per heavy atom. The van der Waals surface area contributed by atoms with Crippen molar-refractivity contribution in [2.75, 3.05) is 39.3 Å². The normalized spacial score (nSPS) is 19.8. The Kier molecular flexibility index (Phi) is 8.29. The molecular weight excluding hydrogens is 457 g/mol. The standard InChI is InChI=1S/C29H38FN3O3/c1-29(2,30)20-32-16-13-21(14-17-32)19-36-24-11-9-22(10-12-24)25-7-3-4-8-26(25)28(35)33-15-5-6-23(18-33)27(31)34/h3-4,7-12,21,23H,5-6,13-20H2,1-2H3,(H2,31,34)/t23-/m1/s1. The summed E-state index contributed by atoms with van der Waals surface area (Å²) in [6, 6.07) is 15.4. The van der Waals surface area contributed by atoms with E-state index in [0.717, 1.165) is 55.6 Å². The van der Waals surface area contributed by atoms with Crippen LogP contribution >= 0.6 is 0 Å². The largest absolute Gasteiger partial charge is 0.493 e. The number of hydrogen-bond acceptors (Lipinski definition) is 4. The van der Waals surface area contributed by atoms with Crippen molar-refractivity contribution in [3.63, 3.8) is 0 Å². The highest BCUT2D eigenvalue weighted by molar-refractivity contribution is 6.01. The molecule has 2 aliphatic rings. The van der Waals surface area contributed by atoms with Crippen molar-refractivity contribution in [2.24, 2.45) is 17.6 Å². The fraction of sp³-hybridized carbons (Fsp3) is 0.517. The van der Waals surface area contributed by atoms with Gasteiger partial charge in [0, 0.05) is 25.2 Å². The summed E-state index contributed by atoms with van der Waals surface area (Å²) in [4.78, 5) is 28.9. The zero-order valence-electron chi connectivity index (χ0n) is 21.4. The van der Waals surface area contributed by atoms with E-state index < -0.39 is 5.67 Å². The monoisotopic (exact) mass is 495 g/mol. The van der Waals surface area contributed by atoms with Crippen LogP contribution in [0.2, 0.25) is 0 Å². The van der Waals surface area contributed by atoms with E-state index in [1.807, 2.05) is 48.5 Å². The van der Waals surface area contributed by atoms with Crippen LogP contribution < -0.4 is 10.5 Å². The van der Waals surface area contributed by atoms with Gasteiger partial charge in [0.2, 0.25) is 5.91 Å². The van der Waals surface area contributed by atoms with E-state index in [-0.39, 0.29) is 17.7 Å². The number of rotatable bonds is 8. The summed E-state index contributed by atoms with van der Waals surface area (Å²) in [5.41, 5.74) is 6.77. The van der Waals surface area contributed by atoms with Gasteiger partial charge in [-0.15, -0.1) is 0 Å². The quantitative estimate of drug-likeness (QED) is 0.584. The minimum absolute atomic E-state index is 0.0700. The third-order valence-electron chi connectivity index (χ3n) is 7.23. The molecule has 7 heteroatoms. The molecule has 36 heavy (non-hydrogen) atoms. The van der Waals surface area contributed by atoms with Crippen LogP contribution in [0.4, 0.5) is 4.39 Å². The van der Waals surface area contributed by atoms with Gasteiger partial charge in [-0.1, -0.05) is 30.3 Å². The van der Waals surface area contributed by atoms with Crippen LogP contribution in [0.3, 0.4) is 0 Å². The fourth-order valence-corrected chi connectivity index (χ4v) is 5.27. The number of ether oxygens (including phenoxy) is 1. The minimum Gasteiger partial charge on any atom is -0.493 e. The van der Waals surface area contributed by atoms with Crippen LogP contribution in [0, 0.1) is 11.8 Å². The summed E-state index contributed by atoms with van der Waals surface area (Å²) in [5.74, 6) is 0.574. The summed E-state index contributed by atoms with van der Waals surface area (Å²) in [5, 5.41) is 0. The number of alkyl halides is 1. The number of amides is 2. The third kappa shape index (κ3) is 6.84. The van der Waals surface area contributed by atoms with E-state index >= 15 is 0 Å². The molecule has 2 aromatic rings. The number of carbonyl (C=O) groups excluding carboxylic acids is 2. The van der Waals surface area contributed by atoms with Gasteiger partial charge in [0.1, 0.15) is 11.4 Å². The molecule has 0 saturated carbocycles. The molecule has 1 atom stereocenters.